The zero-order valence-electron chi connectivity index (χ0n) is 49.6. The highest BCUT2D eigenvalue weighted by molar-refractivity contribution is 7.47. The van der Waals surface area contributed by atoms with Crippen molar-refractivity contribution in [1.29, 1.82) is 0 Å². The van der Waals surface area contributed by atoms with Crippen molar-refractivity contribution in [1.82, 2.24) is 0 Å². The van der Waals surface area contributed by atoms with Crippen LogP contribution < -0.4 is 0 Å². The molecule has 0 bridgehead atoms. The van der Waals surface area contributed by atoms with Gasteiger partial charge in [0.25, 0.3) is 0 Å². The Balaban J connectivity index is 5.16. The Morgan fingerprint density at radius 3 is 0.756 bits per heavy atom. The molecule has 0 amide bonds. The number of aliphatic hydroxyl groups is 1. The molecule has 2 unspecified atom stereocenters. The minimum atomic E-state index is -4.94. The quantitative estimate of drug-likeness (QED) is 0.0222. The first kappa shape index (κ1) is 76.1. The molecule has 3 N–H and O–H groups in total. The molecule has 0 rings (SSSR count). The van der Waals surface area contributed by atoms with Crippen LogP contribution in [-0.2, 0) is 65.4 Å². The van der Waals surface area contributed by atoms with Gasteiger partial charge in [-0.05, 0) is 25.7 Å². The molecule has 0 aliphatic heterocycles. The summed E-state index contributed by atoms with van der Waals surface area (Å²) >= 11 is 0. The van der Waals surface area contributed by atoms with E-state index in [2.05, 4.69) is 27.7 Å². The van der Waals surface area contributed by atoms with E-state index in [-0.39, 0.29) is 25.7 Å². The summed E-state index contributed by atoms with van der Waals surface area (Å²) in [4.78, 5) is 71.6. The largest absolute Gasteiger partial charge is 0.472 e. The maximum atomic E-state index is 12.9. The molecule has 0 aromatic rings. The van der Waals surface area contributed by atoms with Gasteiger partial charge in [0, 0.05) is 25.7 Å². The minimum absolute atomic E-state index is 0.103. The Bertz CT molecular complexity index is 1520. The van der Waals surface area contributed by atoms with E-state index in [0.717, 1.165) is 109 Å². The molecule has 0 radical (unpaired) electrons. The smallest absolute Gasteiger partial charge is 0.462 e. The van der Waals surface area contributed by atoms with Crippen LogP contribution in [0.1, 0.15) is 297 Å². The summed E-state index contributed by atoms with van der Waals surface area (Å²) < 4.78 is 67.5. The van der Waals surface area contributed by atoms with E-state index in [1.807, 2.05) is 0 Å². The van der Waals surface area contributed by atoms with E-state index in [4.69, 9.17) is 37.0 Å². The number of phosphoric acid groups is 2. The molecule has 0 aromatic heterocycles. The average molecular weight is 1160 g/mol. The summed E-state index contributed by atoms with van der Waals surface area (Å²) in [6.07, 6.45) is 38.0. The van der Waals surface area contributed by atoms with Gasteiger partial charge in [-0.3, -0.25) is 37.3 Å². The number of unbranched alkanes of at least 4 members (excludes halogenated alkanes) is 34. The first-order valence-corrected chi connectivity index (χ1v) is 34.3. The third-order valence-corrected chi connectivity index (χ3v) is 15.5. The second kappa shape index (κ2) is 54.3. The van der Waals surface area contributed by atoms with E-state index in [1.165, 1.54) is 109 Å². The summed E-state index contributed by atoms with van der Waals surface area (Å²) in [5.74, 6) is -2.15. The van der Waals surface area contributed by atoms with Crippen LogP contribution in [0, 0.1) is 0 Å². The second-order valence-electron chi connectivity index (χ2n) is 21.4. The molecule has 0 saturated carbocycles. The van der Waals surface area contributed by atoms with Crippen molar-refractivity contribution in [2.24, 2.45) is 0 Å². The van der Waals surface area contributed by atoms with E-state index in [9.17, 15) is 43.2 Å². The third kappa shape index (κ3) is 53.4. The lowest BCUT2D eigenvalue weighted by Gasteiger charge is -2.21. The zero-order chi connectivity index (χ0) is 57.6. The van der Waals surface area contributed by atoms with Crippen LogP contribution in [0.2, 0.25) is 0 Å². The molecule has 462 valence electrons. The summed E-state index contributed by atoms with van der Waals surface area (Å²) in [7, 11) is -9.86. The Hall–Kier alpha value is -1.94. The van der Waals surface area contributed by atoms with Gasteiger partial charge < -0.3 is 33.8 Å². The molecular formula is C59H114O17P2. The standard InChI is InChI=1S/C59H114O17P2/c1-5-9-13-17-20-22-24-26-27-29-31-34-38-42-46-59(64)76-55(50-70-57(62)44-40-36-33-30-28-25-23-21-18-14-10-6-2)52-74-78(67,68)72-48-53(60)47-71-77(65,66)73-51-54(49-69-56(61)43-39-35-16-12-8-4)75-58(63)45-41-37-32-19-15-11-7-3/h53-55,60H,5-52H2,1-4H3,(H,65,66)(H,67,68)/t53-,54+,55+/m0/s1. The lowest BCUT2D eigenvalue weighted by atomic mass is 10.0. The van der Waals surface area contributed by atoms with Gasteiger partial charge >= 0.3 is 39.5 Å². The number of hydrogen-bond donors (Lipinski definition) is 3. The topological polar surface area (TPSA) is 237 Å². The van der Waals surface area contributed by atoms with Crippen LogP contribution in [0.3, 0.4) is 0 Å². The van der Waals surface area contributed by atoms with Gasteiger partial charge in [-0.15, -0.1) is 0 Å². The molecule has 17 nitrogen and oxygen atoms in total. The summed E-state index contributed by atoms with van der Waals surface area (Å²) in [5.41, 5.74) is 0. The maximum Gasteiger partial charge on any atom is 0.472 e. The predicted octanol–water partition coefficient (Wildman–Crippen LogP) is 16.0. The summed E-state index contributed by atoms with van der Waals surface area (Å²) in [6, 6.07) is 0. The number of phosphoric ester groups is 2. The molecular weight excluding hydrogens is 1040 g/mol. The molecule has 78 heavy (non-hydrogen) atoms. The highest BCUT2D eigenvalue weighted by atomic mass is 31.2. The molecule has 0 spiro atoms. The fourth-order valence-electron chi connectivity index (χ4n) is 8.75. The Kier molecular flexibility index (Phi) is 53.0. The fourth-order valence-corrected chi connectivity index (χ4v) is 10.3. The van der Waals surface area contributed by atoms with Crippen LogP contribution in [0.4, 0.5) is 0 Å². The SMILES string of the molecule is CCCCCCCCCCCCCCCCC(=O)O[C@H](COC(=O)CCCCCCCCCCCCCC)COP(=O)(O)OC[C@@H](O)COP(=O)(O)OC[C@@H](COC(=O)CCCCCCC)OC(=O)CCCCCCCCC. The first-order chi connectivity index (χ1) is 37.7. The van der Waals surface area contributed by atoms with Crippen LogP contribution >= 0.6 is 15.6 Å². The number of carbonyl (C=O) groups is 4. The lowest BCUT2D eigenvalue weighted by molar-refractivity contribution is -0.161. The Morgan fingerprint density at radius 1 is 0.308 bits per heavy atom. The van der Waals surface area contributed by atoms with E-state index >= 15 is 0 Å². The molecule has 0 aliphatic rings. The number of rotatable bonds is 60. The van der Waals surface area contributed by atoms with Crippen molar-refractivity contribution in [3.8, 4) is 0 Å². The molecule has 19 heteroatoms. The second-order valence-corrected chi connectivity index (χ2v) is 24.3. The Morgan fingerprint density at radius 2 is 0.513 bits per heavy atom. The lowest BCUT2D eigenvalue weighted by Crippen LogP contribution is -2.30. The maximum absolute atomic E-state index is 12.9. The predicted molar refractivity (Wildman–Crippen MR) is 308 cm³/mol. The van der Waals surface area contributed by atoms with Gasteiger partial charge in [-0.2, -0.15) is 0 Å². The van der Waals surface area contributed by atoms with Crippen molar-refractivity contribution >= 4 is 39.5 Å². The molecule has 0 aliphatic carbocycles. The summed E-state index contributed by atoms with van der Waals surface area (Å²) in [6.45, 7) is 4.73. The van der Waals surface area contributed by atoms with Crippen molar-refractivity contribution in [3.05, 3.63) is 0 Å². The normalized spacial score (nSPS) is 14.3. The van der Waals surface area contributed by atoms with E-state index in [1.54, 1.807) is 0 Å². The highest BCUT2D eigenvalue weighted by Gasteiger charge is 2.30. The zero-order valence-corrected chi connectivity index (χ0v) is 51.4. The molecule has 0 aromatic carbocycles. The molecule has 0 heterocycles. The van der Waals surface area contributed by atoms with Crippen molar-refractivity contribution in [2.75, 3.05) is 39.6 Å². The summed E-state index contributed by atoms with van der Waals surface area (Å²) in [5, 5.41) is 10.5. The molecule has 5 atom stereocenters. The monoisotopic (exact) mass is 1160 g/mol. The van der Waals surface area contributed by atoms with E-state index < -0.39 is 97.5 Å². The minimum Gasteiger partial charge on any atom is -0.462 e. The average Bonchev–Trinajstić information content (AvgIpc) is 3.41. The van der Waals surface area contributed by atoms with Gasteiger partial charge in [0.1, 0.15) is 19.3 Å². The van der Waals surface area contributed by atoms with E-state index in [0.29, 0.717) is 25.7 Å². The number of aliphatic hydroxyl groups excluding tert-OH is 1. The highest BCUT2D eigenvalue weighted by Crippen LogP contribution is 2.45. The van der Waals surface area contributed by atoms with Crippen molar-refractivity contribution in [2.45, 2.75) is 316 Å². The number of hydrogen-bond acceptors (Lipinski definition) is 15. The van der Waals surface area contributed by atoms with Crippen LogP contribution in [0.15, 0.2) is 0 Å². The Labute approximate surface area is 473 Å². The van der Waals surface area contributed by atoms with Gasteiger partial charge in [-0.1, -0.05) is 246 Å². The van der Waals surface area contributed by atoms with Crippen LogP contribution in [0.25, 0.3) is 0 Å². The molecule has 0 fully saturated rings. The van der Waals surface area contributed by atoms with Crippen molar-refractivity contribution in [3.63, 3.8) is 0 Å². The van der Waals surface area contributed by atoms with Gasteiger partial charge in [0.15, 0.2) is 12.2 Å². The number of ether oxygens (including phenoxy) is 4. The molecule has 0 saturated heterocycles. The van der Waals surface area contributed by atoms with Crippen molar-refractivity contribution < 1.29 is 80.2 Å². The van der Waals surface area contributed by atoms with Gasteiger partial charge in [0.05, 0.1) is 26.4 Å². The van der Waals surface area contributed by atoms with Gasteiger partial charge in [-0.25, -0.2) is 9.13 Å². The first-order valence-electron chi connectivity index (χ1n) is 31.3. The van der Waals surface area contributed by atoms with Crippen LogP contribution in [-0.4, -0.2) is 96.7 Å². The third-order valence-electron chi connectivity index (χ3n) is 13.6. The number of carbonyl (C=O) groups excluding carboxylic acids is 4. The van der Waals surface area contributed by atoms with Crippen LogP contribution in [0.5, 0.6) is 0 Å². The number of esters is 4. The van der Waals surface area contributed by atoms with Gasteiger partial charge in [0.2, 0.25) is 0 Å². The fraction of sp³-hybridized carbons (Fsp3) is 0.932.